The summed E-state index contributed by atoms with van der Waals surface area (Å²) in [4.78, 5) is 11.3. The predicted molar refractivity (Wildman–Crippen MR) is 102 cm³/mol. The van der Waals surface area contributed by atoms with Gasteiger partial charge in [0.1, 0.15) is 18.5 Å². The third kappa shape index (κ3) is 5.09. The Kier molecular flexibility index (Phi) is 6.67. The van der Waals surface area contributed by atoms with E-state index < -0.39 is 0 Å². The highest BCUT2D eigenvalue weighted by molar-refractivity contribution is 5.77. The summed E-state index contributed by atoms with van der Waals surface area (Å²) in [5, 5.41) is 2.86. The summed E-state index contributed by atoms with van der Waals surface area (Å²) in [6.45, 7) is 0.660. The van der Waals surface area contributed by atoms with Crippen LogP contribution < -0.4 is 10.1 Å². The first-order valence-electron chi connectivity index (χ1n) is 9.35. The molecular weight excluding hydrogens is 326 g/mol. The van der Waals surface area contributed by atoms with Crippen LogP contribution in [0, 0.1) is 0 Å². The van der Waals surface area contributed by atoms with Gasteiger partial charge in [0.05, 0.1) is 7.11 Å². The van der Waals surface area contributed by atoms with E-state index in [0.717, 1.165) is 30.6 Å². The van der Waals surface area contributed by atoms with E-state index in [1.807, 2.05) is 12.1 Å². The van der Waals surface area contributed by atoms with E-state index in [1.165, 1.54) is 24.0 Å². The third-order valence-corrected chi connectivity index (χ3v) is 4.83. The lowest BCUT2D eigenvalue weighted by molar-refractivity contribution is -0.133. The largest absolute Gasteiger partial charge is 0.496 e. The maximum absolute atomic E-state index is 11.3. The first kappa shape index (κ1) is 18.5. The second-order valence-electron chi connectivity index (χ2n) is 6.72. The quantitative estimate of drug-likeness (QED) is 0.734. The number of morpholine rings is 1. The van der Waals surface area contributed by atoms with E-state index in [2.05, 4.69) is 41.7 Å². The lowest BCUT2D eigenvalue weighted by Gasteiger charge is -2.24. The average Bonchev–Trinajstić information content (AvgIpc) is 2.69. The molecular formula is C22H27NO3. The van der Waals surface area contributed by atoms with Gasteiger partial charge in [-0.1, -0.05) is 42.8 Å². The van der Waals surface area contributed by atoms with E-state index in [-0.39, 0.29) is 18.6 Å². The van der Waals surface area contributed by atoms with Crippen LogP contribution in [-0.2, 0) is 22.4 Å². The van der Waals surface area contributed by atoms with E-state index in [0.29, 0.717) is 6.54 Å². The molecule has 0 spiro atoms. The number of unbranched alkanes of at least 4 members (excludes halogenated alkanes) is 2. The molecule has 4 heteroatoms. The molecule has 26 heavy (non-hydrogen) atoms. The number of carbonyl (C=O) groups is 1. The fourth-order valence-corrected chi connectivity index (χ4v) is 3.37. The highest BCUT2D eigenvalue weighted by atomic mass is 16.5. The first-order valence-corrected chi connectivity index (χ1v) is 9.35. The number of carbonyl (C=O) groups excluding carboxylic acids is 1. The van der Waals surface area contributed by atoms with Gasteiger partial charge < -0.3 is 14.8 Å². The summed E-state index contributed by atoms with van der Waals surface area (Å²) < 4.78 is 11.2. The van der Waals surface area contributed by atoms with Gasteiger partial charge in [-0.25, -0.2) is 0 Å². The van der Waals surface area contributed by atoms with Crippen LogP contribution >= 0.6 is 0 Å². The molecule has 0 aromatic heterocycles. The van der Waals surface area contributed by atoms with Gasteiger partial charge in [0.2, 0.25) is 5.91 Å². The fourth-order valence-electron chi connectivity index (χ4n) is 3.37. The smallest absolute Gasteiger partial charge is 0.246 e. The third-order valence-electron chi connectivity index (χ3n) is 4.83. The monoisotopic (exact) mass is 353 g/mol. The topological polar surface area (TPSA) is 47.6 Å². The summed E-state index contributed by atoms with van der Waals surface area (Å²) in [5.74, 6) is 0.880. The molecule has 0 saturated carbocycles. The molecule has 2 aromatic rings. The molecule has 2 aromatic carbocycles. The van der Waals surface area contributed by atoms with E-state index in [1.54, 1.807) is 7.11 Å². The minimum Gasteiger partial charge on any atom is -0.496 e. The Morgan fingerprint density at radius 3 is 2.62 bits per heavy atom. The van der Waals surface area contributed by atoms with E-state index >= 15 is 0 Å². The number of hydrogen-bond acceptors (Lipinski definition) is 3. The number of hydrogen-bond donors (Lipinski definition) is 1. The summed E-state index contributed by atoms with van der Waals surface area (Å²) >= 11 is 0. The molecule has 3 rings (SSSR count). The SMILES string of the molecule is COc1ccc(C2CNC(=O)CO2)cc1CCCCCc1ccccc1. The van der Waals surface area contributed by atoms with Crippen LogP contribution in [0.25, 0.3) is 0 Å². The number of benzene rings is 2. The number of aryl methyl sites for hydroxylation is 2. The van der Waals surface area contributed by atoms with Gasteiger partial charge in [0.15, 0.2) is 0 Å². The van der Waals surface area contributed by atoms with Crippen molar-refractivity contribution in [2.24, 2.45) is 0 Å². The Morgan fingerprint density at radius 1 is 1.08 bits per heavy atom. The molecule has 1 amide bonds. The van der Waals surface area contributed by atoms with Crippen LogP contribution in [0.4, 0.5) is 0 Å². The standard InChI is InChI=1S/C22H27NO3/c1-25-20-13-12-19(21-15-23-22(24)16-26-21)14-18(20)11-7-3-6-10-17-8-4-2-5-9-17/h2,4-5,8-9,12-14,21H,3,6-7,10-11,15-16H2,1H3,(H,23,24). The van der Waals surface area contributed by atoms with Gasteiger partial charge in [-0.3, -0.25) is 4.79 Å². The molecule has 1 unspecified atom stereocenters. The molecule has 1 fully saturated rings. The Morgan fingerprint density at radius 2 is 1.88 bits per heavy atom. The molecule has 0 radical (unpaired) electrons. The van der Waals surface area contributed by atoms with Gasteiger partial charge in [-0.05, 0) is 54.5 Å². The molecule has 0 aliphatic carbocycles. The van der Waals surface area contributed by atoms with Gasteiger partial charge in [0, 0.05) is 6.54 Å². The maximum atomic E-state index is 11.3. The number of rotatable bonds is 8. The number of methoxy groups -OCH3 is 1. The molecule has 1 atom stereocenters. The Balaban J connectivity index is 1.52. The molecule has 1 aliphatic heterocycles. The Labute approximate surface area is 155 Å². The molecule has 0 bridgehead atoms. The van der Waals surface area contributed by atoms with Gasteiger partial charge in [0.25, 0.3) is 0 Å². The fraction of sp³-hybridized carbons (Fsp3) is 0.409. The van der Waals surface area contributed by atoms with Crippen molar-refractivity contribution in [2.45, 2.75) is 38.2 Å². The van der Waals surface area contributed by atoms with Crippen molar-refractivity contribution in [2.75, 3.05) is 20.3 Å². The number of nitrogens with one attached hydrogen (secondary N) is 1. The lowest BCUT2D eigenvalue weighted by atomic mass is 9.99. The molecule has 138 valence electrons. The maximum Gasteiger partial charge on any atom is 0.246 e. The van der Waals surface area contributed by atoms with Crippen molar-refractivity contribution < 1.29 is 14.3 Å². The molecule has 1 heterocycles. The summed E-state index contributed by atoms with van der Waals surface area (Å²) in [6.07, 6.45) is 5.57. The predicted octanol–water partition coefficient (Wildman–Crippen LogP) is 3.84. The summed E-state index contributed by atoms with van der Waals surface area (Å²) in [6, 6.07) is 16.8. The van der Waals surface area contributed by atoms with Crippen molar-refractivity contribution in [3.63, 3.8) is 0 Å². The number of ether oxygens (including phenoxy) is 2. The van der Waals surface area contributed by atoms with E-state index in [9.17, 15) is 4.79 Å². The molecule has 4 nitrogen and oxygen atoms in total. The van der Waals surface area contributed by atoms with Crippen LogP contribution in [0.5, 0.6) is 5.75 Å². The molecule has 1 saturated heterocycles. The second-order valence-corrected chi connectivity index (χ2v) is 6.72. The second kappa shape index (κ2) is 9.39. The summed E-state index contributed by atoms with van der Waals surface area (Å²) in [5.41, 5.74) is 3.72. The summed E-state index contributed by atoms with van der Waals surface area (Å²) in [7, 11) is 1.71. The van der Waals surface area contributed by atoms with Crippen LogP contribution in [-0.4, -0.2) is 26.2 Å². The Bertz CT molecular complexity index is 705. The van der Waals surface area contributed by atoms with Crippen molar-refractivity contribution in [1.82, 2.24) is 5.32 Å². The van der Waals surface area contributed by atoms with Gasteiger partial charge in [-0.15, -0.1) is 0 Å². The van der Waals surface area contributed by atoms with E-state index in [4.69, 9.17) is 9.47 Å². The van der Waals surface area contributed by atoms with Gasteiger partial charge in [-0.2, -0.15) is 0 Å². The Hall–Kier alpha value is -2.33. The first-order chi connectivity index (χ1) is 12.8. The number of amides is 1. The zero-order valence-electron chi connectivity index (χ0n) is 15.4. The highest BCUT2D eigenvalue weighted by Gasteiger charge is 2.21. The normalized spacial score (nSPS) is 17.0. The van der Waals surface area contributed by atoms with Crippen LogP contribution in [0.2, 0.25) is 0 Å². The van der Waals surface area contributed by atoms with Crippen LogP contribution in [0.1, 0.15) is 42.1 Å². The van der Waals surface area contributed by atoms with Crippen LogP contribution in [0.3, 0.4) is 0 Å². The zero-order chi connectivity index (χ0) is 18.2. The highest BCUT2D eigenvalue weighted by Crippen LogP contribution is 2.27. The van der Waals surface area contributed by atoms with Crippen molar-refractivity contribution in [1.29, 1.82) is 0 Å². The van der Waals surface area contributed by atoms with Crippen molar-refractivity contribution in [3.05, 3.63) is 65.2 Å². The molecule has 1 aliphatic rings. The van der Waals surface area contributed by atoms with Crippen molar-refractivity contribution in [3.8, 4) is 5.75 Å². The van der Waals surface area contributed by atoms with Gasteiger partial charge >= 0.3 is 0 Å². The zero-order valence-corrected chi connectivity index (χ0v) is 15.4. The average molecular weight is 353 g/mol. The molecule has 1 N–H and O–H groups in total. The van der Waals surface area contributed by atoms with Crippen molar-refractivity contribution >= 4 is 5.91 Å². The lowest BCUT2D eigenvalue weighted by Crippen LogP contribution is -2.38. The minimum atomic E-state index is -0.0737. The minimum absolute atomic E-state index is 0.0478. The van der Waals surface area contributed by atoms with Crippen LogP contribution in [0.15, 0.2) is 48.5 Å².